The average molecular weight is 262 g/mol. The van der Waals surface area contributed by atoms with Gasteiger partial charge in [-0.25, -0.2) is 4.79 Å². The van der Waals surface area contributed by atoms with Gasteiger partial charge in [0, 0.05) is 0 Å². The lowest BCUT2D eigenvalue weighted by molar-refractivity contribution is -0.168. The summed E-state index contributed by atoms with van der Waals surface area (Å²) in [6.45, 7) is 4.37. The molecule has 0 bridgehead atoms. The van der Waals surface area contributed by atoms with Crippen molar-refractivity contribution in [2.45, 2.75) is 51.1 Å². The standard InChI is InChI=1S/C15H18O4/c1-3-9(2)10-4-6-11(7-5-10)17-13-8-12-14(18-12)15(16)19-13/h4-7,9,12-14H,3,8H2,1-2H3. The summed E-state index contributed by atoms with van der Waals surface area (Å²) < 4.78 is 16.0. The maximum absolute atomic E-state index is 11.4. The highest BCUT2D eigenvalue weighted by atomic mass is 16.7. The second-order valence-corrected chi connectivity index (χ2v) is 5.19. The van der Waals surface area contributed by atoms with E-state index in [1.165, 1.54) is 5.56 Å². The van der Waals surface area contributed by atoms with Gasteiger partial charge in [0.15, 0.2) is 6.10 Å². The third kappa shape index (κ3) is 2.59. The van der Waals surface area contributed by atoms with Gasteiger partial charge in [0.25, 0.3) is 0 Å². The number of benzene rings is 1. The maximum Gasteiger partial charge on any atom is 0.341 e. The summed E-state index contributed by atoms with van der Waals surface area (Å²) in [5.41, 5.74) is 1.29. The predicted molar refractivity (Wildman–Crippen MR) is 68.9 cm³/mol. The Hall–Kier alpha value is -1.55. The van der Waals surface area contributed by atoms with Crippen molar-refractivity contribution in [2.75, 3.05) is 0 Å². The molecule has 1 aromatic carbocycles. The Kier molecular flexibility index (Phi) is 3.19. The number of epoxide rings is 1. The van der Waals surface area contributed by atoms with Gasteiger partial charge in [0.2, 0.25) is 6.29 Å². The highest BCUT2D eigenvalue weighted by molar-refractivity contribution is 5.79. The molecule has 2 aliphatic heterocycles. The van der Waals surface area contributed by atoms with Crippen LogP contribution in [0.4, 0.5) is 0 Å². The number of rotatable bonds is 4. The minimum Gasteiger partial charge on any atom is -0.455 e. The number of cyclic esters (lactones) is 1. The van der Waals surface area contributed by atoms with E-state index >= 15 is 0 Å². The molecule has 102 valence electrons. The molecular formula is C15H18O4. The van der Waals surface area contributed by atoms with Gasteiger partial charge in [-0.05, 0) is 30.0 Å². The molecule has 0 aromatic heterocycles. The van der Waals surface area contributed by atoms with Crippen LogP contribution in [0.15, 0.2) is 24.3 Å². The zero-order valence-electron chi connectivity index (χ0n) is 11.2. The average Bonchev–Trinajstić information content (AvgIpc) is 3.18. The van der Waals surface area contributed by atoms with Gasteiger partial charge in [-0.3, -0.25) is 0 Å². The first kappa shape index (κ1) is 12.5. The number of hydrogen-bond donors (Lipinski definition) is 0. The van der Waals surface area contributed by atoms with Crippen LogP contribution >= 0.6 is 0 Å². The molecule has 0 amide bonds. The molecule has 2 aliphatic rings. The number of carbonyl (C=O) groups is 1. The van der Waals surface area contributed by atoms with Gasteiger partial charge in [-0.1, -0.05) is 26.0 Å². The van der Waals surface area contributed by atoms with Gasteiger partial charge in [-0.15, -0.1) is 0 Å². The van der Waals surface area contributed by atoms with Gasteiger partial charge >= 0.3 is 5.97 Å². The molecule has 19 heavy (non-hydrogen) atoms. The van der Waals surface area contributed by atoms with Gasteiger partial charge in [0.1, 0.15) is 11.9 Å². The van der Waals surface area contributed by atoms with Crippen LogP contribution in [-0.4, -0.2) is 24.5 Å². The van der Waals surface area contributed by atoms with Crippen LogP contribution in [-0.2, 0) is 14.3 Å². The van der Waals surface area contributed by atoms with Crippen LogP contribution in [0.2, 0.25) is 0 Å². The largest absolute Gasteiger partial charge is 0.455 e. The SMILES string of the molecule is CCC(C)c1ccc(OC2CC3OC3C(=O)O2)cc1. The fraction of sp³-hybridized carbons (Fsp3) is 0.533. The lowest BCUT2D eigenvalue weighted by Gasteiger charge is -2.21. The van der Waals surface area contributed by atoms with Crippen molar-refractivity contribution in [1.29, 1.82) is 0 Å². The van der Waals surface area contributed by atoms with E-state index in [0.29, 0.717) is 12.3 Å². The summed E-state index contributed by atoms with van der Waals surface area (Å²) in [4.78, 5) is 11.4. The predicted octanol–water partition coefficient (Wildman–Crippen LogP) is 2.62. The molecule has 4 nitrogen and oxygen atoms in total. The highest BCUT2D eigenvalue weighted by Gasteiger charge is 2.53. The van der Waals surface area contributed by atoms with E-state index in [1.807, 2.05) is 12.1 Å². The van der Waals surface area contributed by atoms with Crippen molar-refractivity contribution in [3.63, 3.8) is 0 Å². The van der Waals surface area contributed by atoms with E-state index in [0.717, 1.165) is 12.2 Å². The first-order valence-corrected chi connectivity index (χ1v) is 6.80. The zero-order chi connectivity index (χ0) is 13.4. The number of fused-ring (bicyclic) bond motifs is 1. The minimum atomic E-state index is -0.523. The van der Waals surface area contributed by atoms with Crippen LogP contribution in [0, 0.1) is 0 Å². The number of esters is 1. The summed E-state index contributed by atoms with van der Waals surface area (Å²) in [6, 6.07) is 7.97. The Bertz CT molecular complexity index is 468. The second kappa shape index (κ2) is 4.85. The molecule has 0 aliphatic carbocycles. The van der Waals surface area contributed by atoms with E-state index in [9.17, 15) is 4.79 Å². The molecule has 4 atom stereocenters. The molecule has 0 radical (unpaired) electrons. The Morgan fingerprint density at radius 1 is 1.37 bits per heavy atom. The summed E-state index contributed by atoms with van der Waals surface area (Å²) in [5, 5.41) is 0. The third-order valence-corrected chi connectivity index (χ3v) is 3.82. The summed E-state index contributed by atoms with van der Waals surface area (Å²) in [6.07, 6.45) is 0.855. The normalized spacial score (nSPS) is 30.2. The fourth-order valence-corrected chi connectivity index (χ4v) is 2.30. The van der Waals surface area contributed by atoms with Crippen LogP contribution in [0.3, 0.4) is 0 Å². The maximum atomic E-state index is 11.4. The first-order valence-electron chi connectivity index (χ1n) is 6.80. The monoisotopic (exact) mass is 262 g/mol. The second-order valence-electron chi connectivity index (χ2n) is 5.19. The van der Waals surface area contributed by atoms with E-state index < -0.39 is 6.29 Å². The van der Waals surface area contributed by atoms with Crippen molar-refractivity contribution in [2.24, 2.45) is 0 Å². The van der Waals surface area contributed by atoms with E-state index in [4.69, 9.17) is 14.2 Å². The summed E-state index contributed by atoms with van der Waals surface area (Å²) in [5.74, 6) is 0.962. The quantitative estimate of drug-likeness (QED) is 0.618. The molecule has 2 saturated heterocycles. The van der Waals surface area contributed by atoms with Crippen LogP contribution in [0.5, 0.6) is 5.75 Å². The molecule has 0 N–H and O–H groups in total. The fourth-order valence-electron chi connectivity index (χ4n) is 2.30. The first-order chi connectivity index (χ1) is 9.17. The number of ether oxygens (including phenoxy) is 3. The molecule has 4 unspecified atom stereocenters. The number of carbonyl (C=O) groups excluding carboxylic acids is 1. The molecule has 3 rings (SSSR count). The molecule has 2 heterocycles. The van der Waals surface area contributed by atoms with Crippen LogP contribution < -0.4 is 4.74 Å². The zero-order valence-corrected chi connectivity index (χ0v) is 11.2. The Balaban J connectivity index is 1.62. The number of hydrogen-bond acceptors (Lipinski definition) is 4. The molecule has 4 heteroatoms. The Labute approximate surface area is 112 Å². The van der Waals surface area contributed by atoms with E-state index in [2.05, 4.69) is 26.0 Å². The van der Waals surface area contributed by atoms with Crippen molar-refractivity contribution in [3.05, 3.63) is 29.8 Å². The lowest BCUT2D eigenvalue weighted by atomic mass is 9.99. The van der Waals surface area contributed by atoms with Gasteiger partial charge in [0.05, 0.1) is 6.42 Å². The smallest absolute Gasteiger partial charge is 0.341 e. The molecule has 2 fully saturated rings. The van der Waals surface area contributed by atoms with Crippen LogP contribution in [0.25, 0.3) is 0 Å². The van der Waals surface area contributed by atoms with Crippen molar-refractivity contribution in [1.82, 2.24) is 0 Å². The van der Waals surface area contributed by atoms with Crippen molar-refractivity contribution in [3.8, 4) is 5.75 Å². The van der Waals surface area contributed by atoms with Gasteiger partial charge < -0.3 is 14.2 Å². The molecule has 0 spiro atoms. The van der Waals surface area contributed by atoms with Crippen molar-refractivity contribution < 1.29 is 19.0 Å². The molecule has 1 aromatic rings. The highest BCUT2D eigenvalue weighted by Crippen LogP contribution is 2.34. The Morgan fingerprint density at radius 3 is 2.74 bits per heavy atom. The van der Waals surface area contributed by atoms with E-state index in [-0.39, 0.29) is 18.2 Å². The van der Waals surface area contributed by atoms with Crippen LogP contribution in [0.1, 0.15) is 38.2 Å². The topological polar surface area (TPSA) is 48.1 Å². The molecule has 0 saturated carbocycles. The lowest BCUT2D eigenvalue weighted by Crippen LogP contribution is -2.33. The summed E-state index contributed by atoms with van der Waals surface area (Å²) >= 11 is 0. The van der Waals surface area contributed by atoms with E-state index in [1.54, 1.807) is 0 Å². The van der Waals surface area contributed by atoms with Gasteiger partial charge in [-0.2, -0.15) is 0 Å². The minimum absolute atomic E-state index is 0.00867. The summed E-state index contributed by atoms with van der Waals surface area (Å²) in [7, 11) is 0. The third-order valence-electron chi connectivity index (χ3n) is 3.82. The molecular weight excluding hydrogens is 244 g/mol. The van der Waals surface area contributed by atoms with Crippen molar-refractivity contribution >= 4 is 5.97 Å². The Morgan fingerprint density at radius 2 is 2.11 bits per heavy atom.